The van der Waals surface area contributed by atoms with Gasteiger partial charge in [0.1, 0.15) is 22.5 Å². The second kappa shape index (κ2) is 12.2. The summed E-state index contributed by atoms with van der Waals surface area (Å²) in [4.78, 5) is 56.0. The van der Waals surface area contributed by atoms with E-state index < -0.39 is 11.5 Å². The number of fused-ring (bicyclic) bond motifs is 2. The quantitative estimate of drug-likeness (QED) is 0.249. The van der Waals surface area contributed by atoms with E-state index in [1.807, 2.05) is 68.6 Å². The van der Waals surface area contributed by atoms with Gasteiger partial charge in [-0.05, 0) is 65.5 Å². The van der Waals surface area contributed by atoms with Gasteiger partial charge >= 0.3 is 6.09 Å². The maximum Gasteiger partial charge on any atom is 0.410 e. The Kier molecular flexibility index (Phi) is 7.99. The monoisotopic (exact) mass is 667 g/mol. The van der Waals surface area contributed by atoms with Crippen LogP contribution in [-0.4, -0.2) is 87.3 Å². The summed E-state index contributed by atoms with van der Waals surface area (Å²) in [6, 6.07) is 4.19. The average Bonchev–Trinajstić information content (AvgIpc) is 3.38. The predicted molar refractivity (Wildman–Crippen MR) is 183 cm³/mol. The molecule has 1 aliphatic heterocycles. The van der Waals surface area contributed by atoms with Gasteiger partial charge in [0.25, 0.3) is 11.8 Å². The maximum absolute atomic E-state index is 13.7. The van der Waals surface area contributed by atoms with Crippen molar-refractivity contribution < 1.29 is 19.1 Å². The number of primary amides is 1. The number of benzene rings is 1. The first-order valence-electron chi connectivity index (χ1n) is 16.5. The molecule has 2 fully saturated rings. The SMILES string of the molecule is Cc1cn2cc(NC(=O)c3ccc(N4CCC(N(C(=O)OC(C)(C)C)C5CC5)CC4)c4cn(C)nc34)nc2c(Cn2cnc(C(N)=O)c2)n1. The fraction of sp³-hybridized carbons (Fsp3) is 0.441. The zero-order chi connectivity index (χ0) is 34.6. The number of aryl methyl sites for hydroxylation is 2. The molecule has 256 valence electrons. The number of anilines is 2. The summed E-state index contributed by atoms with van der Waals surface area (Å²) in [6.07, 6.45) is 12.1. The number of imidazole rings is 2. The summed E-state index contributed by atoms with van der Waals surface area (Å²) < 4.78 is 11.0. The third-order valence-electron chi connectivity index (χ3n) is 8.84. The van der Waals surface area contributed by atoms with Gasteiger partial charge in [0.2, 0.25) is 0 Å². The minimum absolute atomic E-state index is 0.130. The van der Waals surface area contributed by atoms with Gasteiger partial charge in [0, 0.05) is 61.9 Å². The molecule has 5 heterocycles. The van der Waals surface area contributed by atoms with E-state index in [2.05, 4.69) is 30.3 Å². The highest BCUT2D eigenvalue weighted by atomic mass is 16.6. The molecule has 7 rings (SSSR count). The molecule has 1 aliphatic carbocycles. The van der Waals surface area contributed by atoms with Crippen LogP contribution in [0, 0.1) is 6.92 Å². The fourth-order valence-electron chi connectivity index (χ4n) is 6.61. The summed E-state index contributed by atoms with van der Waals surface area (Å²) in [5, 5.41) is 8.51. The number of carbonyl (C=O) groups excluding carboxylic acids is 3. The second-order valence-electron chi connectivity index (χ2n) is 14.0. The van der Waals surface area contributed by atoms with Gasteiger partial charge in [-0.2, -0.15) is 5.10 Å². The Morgan fingerprint density at radius 2 is 1.76 bits per heavy atom. The number of amides is 3. The Morgan fingerprint density at radius 3 is 2.43 bits per heavy atom. The van der Waals surface area contributed by atoms with E-state index in [4.69, 9.17) is 10.5 Å². The number of ether oxygens (including phenoxy) is 1. The highest BCUT2D eigenvalue weighted by Crippen LogP contribution is 2.36. The Morgan fingerprint density at radius 1 is 1.02 bits per heavy atom. The molecule has 3 amide bonds. The molecule has 2 aliphatic rings. The van der Waals surface area contributed by atoms with Crippen molar-refractivity contribution in [3.63, 3.8) is 0 Å². The summed E-state index contributed by atoms with van der Waals surface area (Å²) in [6.45, 7) is 9.43. The van der Waals surface area contributed by atoms with E-state index in [-0.39, 0.29) is 29.8 Å². The molecule has 1 saturated heterocycles. The summed E-state index contributed by atoms with van der Waals surface area (Å²) in [7, 11) is 1.84. The van der Waals surface area contributed by atoms with Crippen molar-refractivity contribution in [2.75, 3.05) is 23.3 Å². The molecule has 15 heteroatoms. The standard InChI is InChI=1S/C34H41N11O4/c1-20-14-44-18-28(38-31(44)26(37-20)17-42-16-25(30(35)46)36-19-42)39-32(47)23-8-9-27(24-15-41(5)40-29(23)24)43-12-10-22(11-13-43)45(21-6-7-21)33(48)49-34(2,3)4/h8-9,14-16,18-19,21-22H,6-7,10-13,17H2,1-5H3,(H2,35,46)(H,39,47). The number of nitrogens with one attached hydrogen (secondary N) is 1. The van der Waals surface area contributed by atoms with Crippen molar-refractivity contribution in [1.29, 1.82) is 0 Å². The first kappa shape index (κ1) is 32.1. The van der Waals surface area contributed by atoms with E-state index in [9.17, 15) is 14.4 Å². The number of nitrogens with zero attached hydrogens (tertiary/aromatic N) is 9. The number of carbonyl (C=O) groups is 3. The smallest absolute Gasteiger partial charge is 0.410 e. The molecule has 0 bridgehead atoms. The Bertz CT molecular complexity index is 2080. The number of piperidine rings is 1. The lowest BCUT2D eigenvalue weighted by molar-refractivity contribution is 0.0113. The molecule has 0 spiro atoms. The van der Waals surface area contributed by atoms with Crippen LogP contribution in [0.25, 0.3) is 16.6 Å². The largest absolute Gasteiger partial charge is 0.444 e. The van der Waals surface area contributed by atoms with Gasteiger partial charge < -0.3 is 34.6 Å². The zero-order valence-electron chi connectivity index (χ0n) is 28.4. The van der Waals surface area contributed by atoms with Crippen molar-refractivity contribution in [3.8, 4) is 0 Å². The van der Waals surface area contributed by atoms with Crippen molar-refractivity contribution in [1.82, 2.24) is 38.6 Å². The Hall–Kier alpha value is -5.47. The zero-order valence-corrected chi connectivity index (χ0v) is 28.4. The molecule has 49 heavy (non-hydrogen) atoms. The van der Waals surface area contributed by atoms with Crippen LogP contribution < -0.4 is 16.0 Å². The molecule has 15 nitrogen and oxygen atoms in total. The summed E-state index contributed by atoms with van der Waals surface area (Å²) in [5.41, 5.74) is 8.98. The lowest BCUT2D eigenvalue weighted by atomic mass is 10.0. The van der Waals surface area contributed by atoms with Gasteiger partial charge in [-0.3, -0.25) is 19.3 Å². The van der Waals surface area contributed by atoms with Crippen LogP contribution in [-0.2, 0) is 18.3 Å². The number of hydrogen-bond donors (Lipinski definition) is 2. The van der Waals surface area contributed by atoms with E-state index in [1.165, 1.54) is 6.33 Å². The van der Waals surface area contributed by atoms with Gasteiger partial charge in [0.05, 0.1) is 30.3 Å². The lowest BCUT2D eigenvalue weighted by Gasteiger charge is -2.40. The van der Waals surface area contributed by atoms with Crippen LogP contribution in [0.4, 0.5) is 16.3 Å². The second-order valence-corrected chi connectivity index (χ2v) is 14.0. The molecule has 0 atom stereocenters. The number of hydrogen-bond acceptors (Lipinski definition) is 9. The minimum Gasteiger partial charge on any atom is -0.444 e. The van der Waals surface area contributed by atoms with E-state index in [0.717, 1.165) is 55.5 Å². The van der Waals surface area contributed by atoms with Crippen molar-refractivity contribution in [3.05, 3.63) is 65.9 Å². The molecular weight excluding hydrogens is 626 g/mol. The molecule has 1 aromatic carbocycles. The highest BCUT2D eigenvalue weighted by molar-refractivity contribution is 6.13. The number of nitrogens with two attached hydrogens (primary N) is 1. The lowest BCUT2D eigenvalue weighted by Crippen LogP contribution is -2.50. The van der Waals surface area contributed by atoms with Gasteiger partial charge in [-0.25, -0.2) is 14.8 Å². The van der Waals surface area contributed by atoms with Crippen molar-refractivity contribution in [2.45, 2.75) is 77.6 Å². The van der Waals surface area contributed by atoms with E-state index in [0.29, 0.717) is 34.8 Å². The van der Waals surface area contributed by atoms with E-state index in [1.54, 1.807) is 21.6 Å². The molecule has 0 unspecified atom stereocenters. The van der Waals surface area contributed by atoms with Crippen molar-refractivity contribution in [2.24, 2.45) is 12.8 Å². The Balaban J connectivity index is 1.09. The van der Waals surface area contributed by atoms with Crippen molar-refractivity contribution >= 4 is 46.0 Å². The molecule has 0 radical (unpaired) electrons. The third-order valence-corrected chi connectivity index (χ3v) is 8.84. The molecule has 4 aromatic heterocycles. The summed E-state index contributed by atoms with van der Waals surface area (Å²) >= 11 is 0. The maximum atomic E-state index is 13.7. The fourth-order valence-corrected chi connectivity index (χ4v) is 6.61. The van der Waals surface area contributed by atoms with Crippen LogP contribution in [0.1, 0.15) is 78.7 Å². The first-order valence-corrected chi connectivity index (χ1v) is 16.5. The molecule has 5 aromatic rings. The molecule has 3 N–H and O–H groups in total. The van der Waals surface area contributed by atoms with Gasteiger partial charge in [0.15, 0.2) is 11.5 Å². The van der Waals surface area contributed by atoms with Crippen LogP contribution in [0.2, 0.25) is 0 Å². The highest BCUT2D eigenvalue weighted by Gasteiger charge is 2.41. The predicted octanol–water partition coefficient (Wildman–Crippen LogP) is 3.89. The van der Waals surface area contributed by atoms with E-state index >= 15 is 0 Å². The molecule has 1 saturated carbocycles. The average molecular weight is 668 g/mol. The van der Waals surface area contributed by atoms with Crippen LogP contribution in [0.15, 0.2) is 43.2 Å². The van der Waals surface area contributed by atoms with Gasteiger partial charge in [-0.1, -0.05) is 0 Å². The molecular formula is C34H41N11O4. The number of aromatic nitrogens is 7. The third kappa shape index (κ3) is 6.65. The van der Waals surface area contributed by atoms with Gasteiger partial charge in [-0.15, -0.1) is 0 Å². The topological polar surface area (TPSA) is 171 Å². The van der Waals surface area contributed by atoms with Crippen LogP contribution >= 0.6 is 0 Å². The summed E-state index contributed by atoms with van der Waals surface area (Å²) in [5.74, 6) is -0.577. The normalized spacial score (nSPS) is 15.6. The van der Waals surface area contributed by atoms with Crippen LogP contribution in [0.3, 0.4) is 0 Å². The first-order chi connectivity index (χ1) is 23.3. The minimum atomic E-state index is -0.609. The number of rotatable bonds is 8. The van der Waals surface area contributed by atoms with Crippen LogP contribution in [0.5, 0.6) is 0 Å². The Labute approximate surface area is 283 Å².